The van der Waals surface area contributed by atoms with E-state index in [0.29, 0.717) is 0 Å². The number of ketones is 1. The number of aromatic nitrogens is 2. The van der Waals surface area contributed by atoms with Crippen LogP contribution in [0.3, 0.4) is 0 Å². The van der Waals surface area contributed by atoms with Crippen molar-refractivity contribution in [2.24, 2.45) is 0 Å². The van der Waals surface area contributed by atoms with Crippen molar-refractivity contribution >= 4 is 5.78 Å². The smallest absolute Gasteiger partial charge is 0.213 e. The molecule has 0 atom stereocenters. The number of halogens is 1. The minimum absolute atomic E-state index is 0.219. The van der Waals surface area contributed by atoms with Gasteiger partial charge in [-0.25, -0.2) is 9.37 Å². The minimum atomic E-state index is -0.439. The molecule has 0 fully saturated rings. The van der Waals surface area contributed by atoms with Gasteiger partial charge in [-0.2, -0.15) is 0 Å². The third-order valence-corrected chi connectivity index (χ3v) is 2.10. The van der Waals surface area contributed by atoms with Crippen LogP contribution in [0.25, 0.3) is 0 Å². The molecule has 3 nitrogen and oxygen atoms in total. The molecule has 0 aliphatic rings. The van der Waals surface area contributed by atoms with Gasteiger partial charge in [-0.05, 0) is 19.1 Å². The summed E-state index contributed by atoms with van der Waals surface area (Å²) in [6.07, 6.45) is 2.90. The fourth-order valence-corrected chi connectivity index (χ4v) is 1.29. The van der Waals surface area contributed by atoms with E-state index in [2.05, 4.69) is 9.97 Å². The van der Waals surface area contributed by atoms with Gasteiger partial charge in [0.05, 0.1) is 11.9 Å². The molecule has 0 amide bonds. The summed E-state index contributed by atoms with van der Waals surface area (Å²) in [7, 11) is 0. The molecule has 80 valence electrons. The van der Waals surface area contributed by atoms with E-state index in [1.54, 1.807) is 13.0 Å². The van der Waals surface area contributed by atoms with Crippen molar-refractivity contribution < 1.29 is 9.18 Å². The lowest BCUT2D eigenvalue weighted by Gasteiger charge is -2.00. The third kappa shape index (κ3) is 2.11. The largest absolute Gasteiger partial charge is 0.287 e. The number of carbonyl (C=O) groups excluding carboxylic acids is 1. The lowest BCUT2D eigenvalue weighted by Crippen LogP contribution is -2.05. The van der Waals surface area contributed by atoms with Crippen LogP contribution in [0, 0.1) is 12.7 Å². The molecule has 4 heteroatoms. The summed E-state index contributed by atoms with van der Waals surface area (Å²) >= 11 is 0. The monoisotopic (exact) mass is 216 g/mol. The molecule has 2 rings (SSSR count). The van der Waals surface area contributed by atoms with E-state index in [0.717, 1.165) is 5.69 Å². The van der Waals surface area contributed by atoms with E-state index >= 15 is 0 Å². The van der Waals surface area contributed by atoms with Crippen LogP contribution < -0.4 is 0 Å². The Kier molecular flexibility index (Phi) is 2.72. The Morgan fingerprint density at radius 2 is 2.06 bits per heavy atom. The van der Waals surface area contributed by atoms with Gasteiger partial charge in [0.15, 0.2) is 0 Å². The first-order valence-corrected chi connectivity index (χ1v) is 4.76. The van der Waals surface area contributed by atoms with Crippen LogP contribution in [0.15, 0.2) is 36.7 Å². The van der Waals surface area contributed by atoms with E-state index in [1.165, 1.54) is 30.6 Å². The second-order valence-electron chi connectivity index (χ2n) is 3.38. The van der Waals surface area contributed by atoms with Gasteiger partial charge < -0.3 is 0 Å². The summed E-state index contributed by atoms with van der Waals surface area (Å²) in [4.78, 5) is 19.8. The standard InChI is InChI=1S/C12H9FN2O/c1-8-6-15-11(7-14-8)12(16)9-3-2-4-10(13)5-9/h2-7H,1H3. The number of hydrogen-bond acceptors (Lipinski definition) is 3. The van der Waals surface area contributed by atoms with Crippen LogP contribution in [0.2, 0.25) is 0 Å². The Morgan fingerprint density at radius 1 is 1.25 bits per heavy atom. The van der Waals surface area contributed by atoms with E-state index in [4.69, 9.17) is 0 Å². The molecule has 0 N–H and O–H groups in total. The molecule has 1 heterocycles. The molecule has 0 aliphatic heterocycles. The van der Waals surface area contributed by atoms with Crippen molar-refractivity contribution in [2.45, 2.75) is 6.92 Å². The first-order chi connectivity index (χ1) is 7.66. The van der Waals surface area contributed by atoms with Crippen molar-refractivity contribution in [3.8, 4) is 0 Å². The van der Waals surface area contributed by atoms with E-state index in [9.17, 15) is 9.18 Å². The zero-order valence-corrected chi connectivity index (χ0v) is 8.64. The lowest BCUT2D eigenvalue weighted by atomic mass is 10.1. The van der Waals surface area contributed by atoms with Gasteiger partial charge in [0.2, 0.25) is 5.78 Å². The maximum Gasteiger partial charge on any atom is 0.213 e. The van der Waals surface area contributed by atoms with Crippen molar-refractivity contribution in [3.05, 3.63) is 59.4 Å². The molecule has 0 spiro atoms. The molecule has 0 radical (unpaired) electrons. The van der Waals surface area contributed by atoms with Gasteiger partial charge in [-0.1, -0.05) is 12.1 Å². The number of hydrogen-bond donors (Lipinski definition) is 0. The summed E-state index contributed by atoms with van der Waals surface area (Å²) in [6.45, 7) is 1.78. The quantitative estimate of drug-likeness (QED) is 0.722. The predicted molar refractivity (Wildman–Crippen MR) is 56.6 cm³/mol. The van der Waals surface area contributed by atoms with Crippen LogP contribution in [-0.2, 0) is 0 Å². The fourth-order valence-electron chi connectivity index (χ4n) is 1.29. The van der Waals surface area contributed by atoms with Crippen molar-refractivity contribution in [2.75, 3.05) is 0 Å². The molecule has 1 aromatic carbocycles. The average Bonchev–Trinajstić information content (AvgIpc) is 2.29. The second kappa shape index (κ2) is 4.18. The predicted octanol–water partition coefficient (Wildman–Crippen LogP) is 2.16. The zero-order chi connectivity index (χ0) is 11.5. The number of nitrogens with zero attached hydrogens (tertiary/aromatic N) is 2. The van der Waals surface area contributed by atoms with E-state index in [1.807, 2.05) is 0 Å². The van der Waals surface area contributed by atoms with Crippen molar-refractivity contribution in [3.63, 3.8) is 0 Å². The topological polar surface area (TPSA) is 42.9 Å². The zero-order valence-electron chi connectivity index (χ0n) is 8.64. The first-order valence-electron chi connectivity index (χ1n) is 4.76. The molecular formula is C12H9FN2O. The van der Waals surface area contributed by atoms with Gasteiger partial charge in [0.1, 0.15) is 11.5 Å². The van der Waals surface area contributed by atoms with Crippen molar-refractivity contribution in [1.29, 1.82) is 0 Å². The Bertz CT molecular complexity index is 523. The third-order valence-electron chi connectivity index (χ3n) is 2.10. The SMILES string of the molecule is Cc1cnc(C(=O)c2cccc(F)c2)cn1. The van der Waals surface area contributed by atoms with Crippen molar-refractivity contribution in [1.82, 2.24) is 9.97 Å². The highest BCUT2D eigenvalue weighted by molar-refractivity contribution is 6.07. The lowest BCUT2D eigenvalue weighted by molar-refractivity contribution is 0.103. The molecule has 0 aliphatic carbocycles. The van der Waals surface area contributed by atoms with Gasteiger partial charge in [0, 0.05) is 11.8 Å². The summed E-state index contributed by atoms with van der Waals surface area (Å²) in [6, 6.07) is 5.51. The molecule has 0 saturated carbocycles. The Balaban J connectivity index is 2.35. The Labute approximate surface area is 92.0 Å². The maximum atomic E-state index is 12.9. The van der Waals surface area contributed by atoms with Crippen LogP contribution in [0.1, 0.15) is 21.7 Å². The molecular weight excluding hydrogens is 207 g/mol. The minimum Gasteiger partial charge on any atom is -0.287 e. The summed E-state index contributed by atoms with van der Waals surface area (Å²) in [5.74, 6) is -0.766. The molecule has 16 heavy (non-hydrogen) atoms. The van der Waals surface area contributed by atoms with Crippen LogP contribution in [0.4, 0.5) is 4.39 Å². The van der Waals surface area contributed by atoms with Gasteiger partial charge in [-0.3, -0.25) is 9.78 Å². The maximum absolute atomic E-state index is 12.9. The summed E-state index contributed by atoms with van der Waals surface area (Å²) < 4.78 is 12.9. The fraction of sp³-hybridized carbons (Fsp3) is 0.0833. The Hall–Kier alpha value is -2.10. The van der Waals surface area contributed by atoms with Gasteiger partial charge in [0.25, 0.3) is 0 Å². The molecule has 2 aromatic rings. The normalized spacial score (nSPS) is 10.1. The Morgan fingerprint density at radius 3 is 2.69 bits per heavy atom. The molecule has 0 bridgehead atoms. The van der Waals surface area contributed by atoms with Crippen LogP contribution >= 0.6 is 0 Å². The van der Waals surface area contributed by atoms with Gasteiger partial charge in [-0.15, -0.1) is 0 Å². The molecule has 1 aromatic heterocycles. The van der Waals surface area contributed by atoms with Crippen LogP contribution in [0.5, 0.6) is 0 Å². The number of carbonyl (C=O) groups is 1. The molecule has 0 unspecified atom stereocenters. The number of rotatable bonds is 2. The highest BCUT2D eigenvalue weighted by Gasteiger charge is 2.11. The highest BCUT2D eigenvalue weighted by Crippen LogP contribution is 2.08. The van der Waals surface area contributed by atoms with Gasteiger partial charge >= 0.3 is 0 Å². The number of benzene rings is 1. The summed E-state index contributed by atoms with van der Waals surface area (Å²) in [5.41, 5.74) is 1.23. The van der Waals surface area contributed by atoms with E-state index in [-0.39, 0.29) is 17.0 Å². The average molecular weight is 216 g/mol. The first kappa shape index (κ1) is 10.4. The summed E-state index contributed by atoms with van der Waals surface area (Å²) in [5, 5.41) is 0. The second-order valence-corrected chi connectivity index (χ2v) is 3.38. The highest BCUT2D eigenvalue weighted by atomic mass is 19.1. The van der Waals surface area contributed by atoms with E-state index < -0.39 is 5.82 Å². The molecule has 0 saturated heterocycles. The number of aryl methyl sites for hydroxylation is 1. The van der Waals surface area contributed by atoms with Crippen LogP contribution in [-0.4, -0.2) is 15.8 Å².